The van der Waals surface area contributed by atoms with Gasteiger partial charge in [0, 0.05) is 25.9 Å². The molecule has 1 aliphatic rings. The third-order valence-electron chi connectivity index (χ3n) is 4.62. The van der Waals surface area contributed by atoms with Gasteiger partial charge in [-0.1, -0.05) is 25.7 Å². The van der Waals surface area contributed by atoms with Crippen LogP contribution in [0, 0.1) is 0 Å². The Morgan fingerprint density at radius 3 is 2.50 bits per heavy atom. The molecule has 24 heavy (non-hydrogen) atoms. The number of carbonyl (C=O) groups excluding carboxylic acids is 2. The Morgan fingerprint density at radius 2 is 1.71 bits per heavy atom. The summed E-state index contributed by atoms with van der Waals surface area (Å²) in [6.45, 7) is 2.23. The largest absolute Gasteiger partial charge is 0.356 e. The minimum absolute atomic E-state index is 0.105. The number of nitrogens with one attached hydrogen (secondary N) is 1. The van der Waals surface area contributed by atoms with E-state index in [0.29, 0.717) is 19.4 Å². The van der Waals surface area contributed by atoms with Crippen LogP contribution < -0.4 is 16.8 Å². The van der Waals surface area contributed by atoms with Crippen LogP contribution in [0.5, 0.6) is 0 Å². The quantitative estimate of drug-likeness (QED) is 0.642. The van der Waals surface area contributed by atoms with Gasteiger partial charge in [-0.15, -0.1) is 0 Å². The Balaban J connectivity index is 2.48. The number of hydrogen-bond acceptors (Lipinski definition) is 4. The monoisotopic (exact) mass is 340 g/mol. The van der Waals surface area contributed by atoms with Gasteiger partial charge in [0.1, 0.15) is 0 Å². The van der Waals surface area contributed by atoms with E-state index in [9.17, 15) is 9.59 Å². The van der Waals surface area contributed by atoms with Crippen LogP contribution in [-0.4, -0.2) is 42.5 Å². The number of carbonyl (C=O) groups is 2. The SMILES string of the molecule is NCCCCCC(N)N1CCCCCCNC(=O)CCCCC1=O. The zero-order valence-corrected chi connectivity index (χ0v) is 15.1. The number of nitrogens with zero attached hydrogens (tertiary/aromatic N) is 1. The molecule has 1 fully saturated rings. The first-order valence-electron chi connectivity index (χ1n) is 9.67. The second kappa shape index (κ2) is 13.2. The first-order chi connectivity index (χ1) is 11.6. The van der Waals surface area contributed by atoms with E-state index in [1.54, 1.807) is 0 Å². The lowest BCUT2D eigenvalue weighted by atomic mass is 10.1. The normalized spacial score (nSPS) is 20.3. The molecule has 140 valence electrons. The van der Waals surface area contributed by atoms with E-state index >= 15 is 0 Å². The maximum atomic E-state index is 12.5. The van der Waals surface area contributed by atoms with Crippen LogP contribution in [0.1, 0.15) is 77.0 Å². The maximum absolute atomic E-state index is 12.5. The predicted octanol–water partition coefficient (Wildman–Crippen LogP) is 1.87. The van der Waals surface area contributed by atoms with Crippen molar-refractivity contribution in [2.75, 3.05) is 19.6 Å². The van der Waals surface area contributed by atoms with Crippen LogP contribution >= 0.6 is 0 Å². The molecule has 0 saturated carbocycles. The van der Waals surface area contributed by atoms with Gasteiger partial charge in [-0.25, -0.2) is 0 Å². The highest BCUT2D eigenvalue weighted by molar-refractivity contribution is 5.77. The van der Waals surface area contributed by atoms with E-state index in [1.807, 2.05) is 4.90 Å². The second-order valence-electron chi connectivity index (χ2n) is 6.76. The van der Waals surface area contributed by atoms with E-state index in [2.05, 4.69) is 5.32 Å². The Hall–Kier alpha value is -1.14. The third-order valence-corrected chi connectivity index (χ3v) is 4.62. The van der Waals surface area contributed by atoms with Gasteiger partial charge in [0.2, 0.25) is 11.8 Å². The van der Waals surface area contributed by atoms with Gasteiger partial charge in [-0.2, -0.15) is 0 Å². The Bertz CT molecular complexity index is 363. The summed E-state index contributed by atoms with van der Waals surface area (Å²) in [5, 5.41) is 2.94. The summed E-state index contributed by atoms with van der Waals surface area (Å²) in [4.78, 5) is 26.0. The minimum Gasteiger partial charge on any atom is -0.356 e. The number of rotatable bonds is 6. The molecule has 2 amide bonds. The lowest BCUT2D eigenvalue weighted by Crippen LogP contribution is -2.46. The van der Waals surface area contributed by atoms with Crippen molar-refractivity contribution < 1.29 is 9.59 Å². The average molecular weight is 341 g/mol. The molecular formula is C18H36N4O2. The van der Waals surface area contributed by atoms with Crippen molar-refractivity contribution in [2.45, 2.75) is 83.2 Å². The topological polar surface area (TPSA) is 101 Å². The van der Waals surface area contributed by atoms with Gasteiger partial charge >= 0.3 is 0 Å². The van der Waals surface area contributed by atoms with Crippen molar-refractivity contribution in [3.05, 3.63) is 0 Å². The molecule has 1 aliphatic heterocycles. The summed E-state index contributed by atoms with van der Waals surface area (Å²) in [6, 6.07) is 0. The zero-order chi connectivity index (χ0) is 17.6. The van der Waals surface area contributed by atoms with Crippen molar-refractivity contribution in [3.63, 3.8) is 0 Å². The molecule has 6 nitrogen and oxygen atoms in total. The highest BCUT2D eigenvalue weighted by atomic mass is 16.2. The zero-order valence-electron chi connectivity index (χ0n) is 15.1. The summed E-state index contributed by atoms with van der Waals surface area (Å²) >= 11 is 0. The molecular weight excluding hydrogens is 304 g/mol. The number of unbranched alkanes of at least 4 members (excludes halogenated alkanes) is 2. The molecule has 1 heterocycles. The smallest absolute Gasteiger partial charge is 0.223 e. The van der Waals surface area contributed by atoms with Crippen LogP contribution in [0.2, 0.25) is 0 Å². The molecule has 0 bridgehead atoms. The van der Waals surface area contributed by atoms with Gasteiger partial charge in [-0.05, 0) is 45.1 Å². The summed E-state index contributed by atoms with van der Waals surface area (Å²) in [5.74, 6) is 0.242. The van der Waals surface area contributed by atoms with E-state index < -0.39 is 0 Å². The molecule has 5 N–H and O–H groups in total. The molecule has 0 aliphatic carbocycles. The molecule has 0 aromatic carbocycles. The van der Waals surface area contributed by atoms with Crippen molar-refractivity contribution in [2.24, 2.45) is 11.5 Å². The predicted molar refractivity (Wildman–Crippen MR) is 97.2 cm³/mol. The molecule has 1 saturated heterocycles. The molecule has 0 spiro atoms. The fourth-order valence-corrected chi connectivity index (χ4v) is 3.09. The van der Waals surface area contributed by atoms with E-state index in [-0.39, 0.29) is 18.0 Å². The van der Waals surface area contributed by atoms with Gasteiger partial charge in [0.05, 0.1) is 6.17 Å². The Labute approximate surface area is 146 Å². The minimum atomic E-state index is -0.188. The first-order valence-corrected chi connectivity index (χ1v) is 9.67. The van der Waals surface area contributed by atoms with Crippen molar-refractivity contribution in [1.82, 2.24) is 10.2 Å². The first kappa shape index (κ1) is 20.9. The van der Waals surface area contributed by atoms with Gasteiger partial charge < -0.3 is 21.7 Å². The molecule has 1 rings (SSSR count). The van der Waals surface area contributed by atoms with Crippen LogP contribution in [0.3, 0.4) is 0 Å². The third kappa shape index (κ3) is 9.23. The summed E-state index contributed by atoms with van der Waals surface area (Å²) in [6.07, 6.45) is 10.4. The standard InChI is InChI=1S/C18H36N4O2/c19-13-7-3-4-10-16(20)22-15-9-2-1-8-14-21-17(23)11-5-6-12-18(22)24/h16H,1-15,19-20H2,(H,21,23). The highest BCUT2D eigenvalue weighted by Gasteiger charge is 2.19. The Morgan fingerprint density at radius 1 is 0.958 bits per heavy atom. The Kier molecular flexibility index (Phi) is 11.5. The van der Waals surface area contributed by atoms with Crippen molar-refractivity contribution in [1.29, 1.82) is 0 Å². The second-order valence-corrected chi connectivity index (χ2v) is 6.76. The van der Waals surface area contributed by atoms with Crippen molar-refractivity contribution in [3.8, 4) is 0 Å². The van der Waals surface area contributed by atoms with Gasteiger partial charge in [-0.3, -0.25) is 9.59 Å². The van der Waals surface area contributed by atoms with Crippen molar-refractivity contribution >= 4 is 11.8 Å². The van der Waals surface area contributed by atoms with Crippen LogP contribution in [0.15, 0.2) is 0 Å². The van der Waals surface area contributed by atoms with E-state index in [0.717, 1.165) is 77.3 Å². The summed E-state index contributed by atoms with van der Waals surface area (Å²) in [7, 11) is 0. The summed E-state index contributed by atoms with van der Waals surface area (Å²) < 4.78 is 0. The molecule has 1 atom stereocenters. The maximum Gasteiger partial charge on any atom is 0.223 e. The van der Waals surface area contributed by atoms with Gasteiger partial charge in [0.15, 0.2) is 0 Å². The highest BCUT2D eigenvalue weighted by Crippen LogP contribution is 2.13. The number of hydrogen-bond donors (Lipinski definition) is 3. The van der Waals surface area contributed by atoms with E-state index in [4.69, 9.17) is 11.5 Å². The van der Waals surface area contributed by atoms with Crippen LogP contribution in [-0.2, 0) is 9.59 Å². The number of amides is 2. The van der Waals surface area contributed by atoms with Crippen LogP contribution in [0.25, 0.3) is 0 Å². The molecule has 1 unspecified atom stereocenters. The molecule has 0 aromatic heterocycles. The van der Waals surface area contributed by atoms with Crippen LogP contribution in [0.4, 0.5) is 0 Å². The molecule has 0 radical (unpaired) electrons. The lowest BCUT2D eigenvalue weighted by molar-refractivity contribution is -0.134. The van der Waals surface area contributed by atoms with E-state index in [1.165, 1.54) is 0 Å². The summed E-state index contributed by atoms with van der Waals surface area (Å²) in [5.41, 5.74) is 11.8. The fourth-order valence-electron chi connectivity index (χ4n) is 3.09. The fraction of sp³-hybridized carbons (Fsp3) is 0.889. The number of nitrogens with two attached hydrogens (primary N) is 2. The average Bonchev–Trinajstić information content (AvgIpc) is 2.57. The molecule has 0 aromatic rings. The molecule has 6 heteroatoms. The van der Waals surface area contributed by atoms with Gasteiger partial charge in [0.25, 0.3) is 0 Å². The lowest BCUT2D eigenvalue weighted by Gasteiger charge is -2.29.